The Kier molecular flexibility index (Phi) is 6.66. The smallest absolute Gasteiger partial charge is 0.238 e. The molecule has 2 aliphatic rings. The molecule has 2 fully saturated rings. The zero-order valence-corrected chi connectivity index (χ0v) is 17.5. The third-order valence-electron chi connectivity index (χ3n) is 5.87. The average Bonchev–Trinajstić information content (AvgIpc) is 3.40. The van der Waals surface area contributed by atoms with E-state index < -0.39 is 0 Å². The third kappa shape index (κ3) is 5.73. The number of carbonyl (C=O) groups is 3. The number of likely N-dealkylation sites (tertiary alicyclic amines) is 2. The van der Waals surface area contributed by atoms with Crippen LogP contribution in [-0.2, 0) is 20.9 Å². The molecule has 0 bridgehead atoms. The maximum Gasteiger partial charge on any atom is 0.238 e. The molecule has 3 heterocycles. The van der Waals surface area contributed by atoms with Gasteiger partial charge in [0.15, 0.2) is 0 Å². The minimum Gasteiger partial charge on any atom is -0.467 e. The molecule has 1 unspecified atom stereocenters. The molecule has 31 heavy (non-hydrogen) atoms. The lowest BCUT2D eigenvalue weighted by atomic mass is 10.0. The first-order chi connectivity index (χ1) is 15.1. The van der Waals surface area contributed by atoms with Gasteiger partial charge in [-0.3, -0.25) is 19.3 Å². The van der Waals surface area contributed by atoms with Gasteiger partial charge in [-0.15, -0.1) is 0 Å². The first kappa shape index (κ1) is 21.1. The van der Waals surface area contributed by atoms with Crippen molar-refractivity contribution in [3.63, 3.8) is 0 Å². The number of anilines is 1. The van der Waals surface area contributed by atoms with Crippen LogP contribution in [0.2, 0.25) is 0 Å². The van der Waals surface area contributed by atoms with Crippen LogP contribution in [0.5, 0.6) is 0 Å². The second kappa shape index (κ2) is 9.78. The van der Waals surface area contributed by atoms with Gasteiger partial charge < -0.3 is 20.0 Å². The van der Waals surface area contributed by atoms with Crippen LogP contribution in [0.4, 0.5) is 5.69 Å². The van der Waals surface area contributed by atoms with E-state index in [4.69, 9.17) is 4.42 Å². The van der Waals surface area contributed by atoms with Crippen molar-refractivity contribution in [2.24, 2.45) is 5.92 Å². The molecule has 3 amide bonds. The SMILES string of the molecule is O=C(CN1CCC(NC(=O)C2CC(=O)N(Cc3ccco3)C2)CC1)Nc1ccccc1. The Morgan fingerprint density at radius 3 is 2.55 bits per heavy atom. The number of rotatable bonds is 7. The van der Waals surface area contributed by atoms with E-state index >= 15 is 0 Å². The zero-order chi connectivity index (χ0) is 21.6. The summed E-state index contributed by atoms with van der Waals surface area (Å²) >= 11 is 0. The molecule has 1 aromatic heterocycles. The first-order valence-corrected chi connectivity index (χ1v) is 10.7. The molecule has 0 aliphatic carbocycles. The van der Waals surface area contributed by atoms with E-state index in [-0.39, 0.29) is 36.1 Å². The lowest BCUT2D eigenvalue weighted by Gasteiger charge is -2.32. The fourth-order valence-corrected chi connectivity index (χ4v) is 4.17. The molecule has 0 spiro atoms. The highest BCUT2D eigenvalue weighted by molar-refractivity contribution is 5.92. The van der Waals surface area contributed by atoms with Crippen LogP contribution in [0.3, 0.4) is 0 Å². The molecule has 2 aromatic rings. The zero-order valence-electron chi connectivity index (χ0n) is 17.5. The van der Waals surface area contributed by atoms with Gasteiger partial charge in [-0.05, 0) is 37.1 Å². The van der Waals surface area contributed by atoms with Crippen LogP contribution in [0.15, 0.2) is 53.1 Å². The van der Waals surface area contributed by atoms with Crippen LogP contribution in [-0.4, -0.2) is 59.7 Å². The molecular weight excluding hydrogens is 396 g/mol. The van der Waals surface area contributed by atoms with Crippen LogP contribution in [0.1, 0.15) is 25.0 Å². The monoisotopic (exact) mass is 424 g/mol. The molecule has 8 nitrogen and oxygen atoms in total. The number of piperidine rings is 1. The number of nitrogens with zero attached hydrogens (tertiary/aromatic N) is 2. The summed E-state index contributed by atoms with van der Waals surface area (Å²) in [6.45, 7) is 2.67. The van der Waals surface area contributed by atoms with Crippen LogP contribution < -0.4 is 10.6 Å². The lowest BCUT2D eigenvalue weighted by Crippen LogP contribution is -2.48. The molecule has 2 aliphatic heterocycles. The second-order valence-corrected chi connectivity index (χ2v) is 8.23. The molecule has 8 heteroatoms. The summed E-state index contributed by atoms with van der Waals surface area (Å²) < 4.78 is 5.30. The van der Waals surface area contributed by atoms with Gasteiger partial charge in [0.05, 0.1) is 25.3 Å². The van der Waals surface area contributed by atoms with E-state index in [0.29, 0.717) is 19.6 Å². The Morgan fingerprint density at radius 2 is 1.84 bits per heavy atom. The van der Waals surface area contributed by atoms with Crippen molar-refractivity contribution in [3.05, 3.63) is 54.5 Å². The minimum atomic E-state index is -0.322. The summed E-state index contributed by atoms with van der Waals surface area (Å²) in [6, 6.07) is 13.1. The van der Waals surface area contributed by atoms with E-state index in [2.05, 4.69) is 15.5 Å². The largest absolute Gasteiger partial charge is 0.467 e. The summed E-state index contributed by atoms with van der Waals surface area (Å²) in [6.07, 6.45) is 3.41. The van der Waals surface area contributed by atoms with Gasteiger partial charge in [0.2, 0.25) is 17.7 Å². The number of carbonyl (C=O) groups excluding carboxylic acids is 3. The van der Waals surface area contributed by atoms with Gasteiger partial charge in [-0.25, -0.2) is 0 Å². The van der Waals surface area contributed by atoms with Crippen LogP contribution in [0, 0.1) is 5.92 Å². The predicted octanol–water partition coefficient (Wildman–Crippen LogP) is 1.85. The number of benzene rings is 1. The highest BCUT2D eigenvalue weighted by Crippen LogP contribution is 2.21. The molecule has 1 atom stereocenters. The second-order valence-electron chi connectivity index (χ2n) is 8.23. The van der Waals surface area contributed by atoms with Crippen molar-refractivity contribution in [1.82, 2.24) is 15.1 Å². The molecule has 0 radical (unpaired) electrons. The maximum absolute atomic E-state index is 12.7. The summed E-state index contributed by atoms with van der Waals surface area (Å²) in [5.41, 5.74) is 0.793. The number of nitrogens with one attached hydrogen (secondary N) is 2. The van der Waals surface area contributed by atoms with E-state index in [1.807, 2.05) is 36.4 Å². The van der Waals surface area contributed by atoms with Gasteiger partial charge in [-0.2, -0.15) is 0 Å². The quantitative estimate of drug-likeness (QED) is 0.707. The number of amides is 3. The number of hydrogen-bond donors (Lipinski definition) is 2. The lowest BCUT2D eigenvalue weighted by molar-refractivity contribution is -0.129. The van der Waals surface area contributed by atoms with E-state index in [9.17, 15) is 14.4 Å². The Labute approximate surface area is 181 Å². The summed E-state index contributed by atoms with van der Waals surface area (Å²) in [5, 5.41) is 6.01. The summed E-state index contributed by atoms with van der Waals surface area (Å²) in [4.78, 5) is 40.9. The molecule has 4 rings (SSSR count). The predicted molar refractivity (Wildman–Crippen MR) is 115 cm³/mol. The summed E-state index contributed by atoms with van der Waals surface area (Å²) in [7, 11) is 0. The van der Waals surface area contributed by atoms with Gasteiger partial charge in [0.25, 0.3) is 0 Å². The van der Waals surface area contributed by atoms with Crippen molar-refractivity contribution in [1.29, 1.82) is 0 Å². The minimum absolute atomic E-state index is 0.0178. The molecule has 2 N–H and O–H groups in total. The van der Waals surface area contributed by atoms with Gasteiger partial charge in [-0.1, -0.05) is 18.2 Å². The van der Waals surface area contributed by atoms with Crippen molar-refractivity contribution < 1.29 is 18.8 Å². The van der Waals surface area contributed by atoms with Gasteiger partial charge >= 0.3 is 0 Å². The van der Waals surface area contributed by atoms with Crippen molar-refractivity contribution in [2.75, 3.05) is 31.5 Å². The normalized spacial score (nSPS) is 20.1. The fraction of sp³-hybridized carbons (Fsp3) is 0.435. The average molecular weight is 425 g/mol. The van der Waals surface area contributed by atoms with E-state index in [1.165, 1.54) is 0 Å². The number of furan rings is 1. The van der Waals surface area contributed by atoms with Crippen molar-refractivity contribution in [2.45, 2.75) is 31.8 Å². The van der Waals surface area contributed by atoms with E-state index in [0.717, 1.165) is 37.4 Å². The Hall–Kier alpha value is -3.13. The molecule has 0 saturated carbocycles. The van der Waals surface area contributed by atoms with Crippen molar-refractivity contribution in [3.8, 4) is 0 Å². The number of hydrogen-bond acceptors (Lipinski definition) is 5. The van der Waals surface area contributed by atoms with Crippen molar-refractivity contribution >= 4 is 23.4 Å². The van der Waals surface area contributed by atoms with Gasteiger partial charge in [0.1, 0.15) is 5.76 Å². The van der Waals surface area contributed by atoms with Crippen LogP contribution >= 0.6 is 0 Å². The van der Waals surface area contributed by atoms with E-state index in [1.54, 1.807) is 17.2 Å². The standard InChI is InChI=1S/C23H28N4O4/c28-21(24-18-5-2-1-3-6-18)16-26-10-8-19(9-11-26)25-23(30)17-13-22(29)27(14-17)15-20-7-4-12-31-20/h1-7,12,17,19H,8-11,13-16H2,(H,24,28)(H,25,30). The maximum atomic E-state index is 12.7. The highest BCUT2D eigenvalue weighted by Gasteiger charge is 2.35. The Bertz CT molecular complexity index is 892. The molecule has 2 saturated heterocycles. The Morgan fingerprint density at radius 1 is 1.06 bits per heavy atom. The van der Waals surface area contributed by atoms with Crippen LogP contribution in [0.25, 0.3) is 0 Å². The first-order valence-electron chi connectivity index (χ1n) is 10.7. The summed E-state index contributed by atoms with van der Waals surface area (Å²) in [5.74, 6) is 0.288. The Balaban J connectivity index is 1.18. The molecule has 1 aromatic carbocycles. The fourth-order valence-electron chi connectivity index (χ4n) is 4.17. The molecular formula is C23H28N4O4. The number of para-hydroxylation sites is 1. The van der Waals surface area contributed by atoms with Gasteiger partial charge in [0, 0.05) is 37.8 Å². The highest BCUT2D eigenvalue weighted by atomic mass is 16.3. The molecule has 164 valence electrons. The third-order valence-corrected chi connectivity index (χ3v) is 5.87. The topological polar surface area (TPSA) is 94.9 Å².